The first-order valence-electron chi connectivity index (χ1n) is 12.2. The van der Waals surface area contributed by atoms with Gasteiger partial charge in [0.05, 0.1) is 13.1 Å². The van der Waals surface area contributed by atoms with E-state index in [-0.39, 0.29) is 17.0 Å². The molecule has 0 spiro atoms. The molecular weight excluding hydrogens is 430 g/mol. The van der Waals surface area contributed by atoms with Gasteiger partial charge in [-0.15, -0.1) is 0 Å². The maximum atomic E-state index is 2.33. The van der Waals surface area contributed by atoms with Crippen LogP contribution in [0.1, 0.15) is 89.2 Å². The van der Waals surface area contributed by atoms with Crippen LogP contribution in [0.3, 0.4) is 0 Å². The standard InChI is InChI=1S/C28H44N.BrH/c1-3-5-7-9-17-23-29(24-18-10-8-6-4-2,25-27-19-13-11-14-20-27)26-28-21-15-12-16-22-28;/h11-16,19-22H,3-10,17-18,23-26H2,1-2H3;1H/q+1;/p-1. The molecule has 2 aromatic carbocycles. The van der Waals surface area contributed by atoms with Gasteiger partial charge in [0.1, 0.15) is 13.1 Å². The zero-order chi connectivity index (χ0) is 20.6. The Kier molecular flexibility index (Phi) is 14.9. The smallest absolute Gasteiger partial charge is 0.105 e. The van der Waals surface area contributed by atoms with Gasteiger partial charge < -0.3 is 21.5 Å². The lowest BCUT2D eigenvalue weighted by Gasteiger charge is -2.39. The lowest BCUT2D eigenvalue weighted by atomic mass is 10.1. The predicted octanol–water partition coefficient (Wildman–Crippen LogP) is 5.15. The van der Waals surface area contributed by atoms with E-state index < -0.39 is 0 Å². The minimum atomic E-state index is 0. The third-order valence-corrected chi connectivity index (χ3v) is 6.19. The largest absolute Gasteiger partial charge is 1.00 e. The molecule has 0 N–H and O–H groups in total. The highest BCUT2D eigenvalue weighted by Crippen LogP contribution is 2.24. The van der Waals surface area contributed by atoms with Crippen LogP contribution in [-0.2, 0) is 13.1 Å². The molecular formula is C28H44BrN. The number of halogens is 1. The van der Waals surface area contributed by atoms with Crippen molar-refractivity contribution in [1.82, 2.24) is 0 Å². The topological polar surface area (TPSA) is 0 Å². The fourth-order valence-corrected chi connectivity index (χ4v) is 4.53. The SMILES string of the molecule is CCCCCCC[N+](CCCCCCC)(Cc1ccccc1)Cc1ccccc1.[Br-]. The quantitative estimate of drug-likeness (QED) is 0.233. The van der Waals surface area contributed by atoms with E-state index in [1.54, 1.807) is 0 Å². The van der Waals surface area contributed by atoms with Crippen LogP contribution in [0.4, 0.5) is 0 Å². The summed E-state index contributed by atoms with van der Waals surface area (Å²) in [7, 11) is 0. The van der Waals surface area contributed by atoms with E-state index >= 15 is 0 Å². The van der Waals surface area contributed by atoms with Crippen molar-refractivity contribution >= 4 is 0 Å². The molecule has 168 valence electrons. The molecule has 0 atom stereocenters. The Bertz CT molecular complexity index is 568. The van der Waals surface area contributed by atoms with Gasteiger partial charge in [-0.25, -0.2) is 0 Å². The highest BCUT2D eigenvalue weighted by atomic mass is 79.9. The summed E-state index contributed by atoms with van der Waals surface area (Å²) in [6.07, 6.45) is 13.7. The van der Waals surface area contributed by atoms with Crippen molar-refractivity contribution in [2.24, 2.45) is 0 Å². The molecule has 0 radical (unpaired) electrons. The van der Waals surface area contributed by atoms with E-state index in [1.807, 2.05) is 0 Å². The first-order valence-corrected chi connectivity index (χ1v) is 12.2. The van der Waals surface area contributed by atoms with E-state index in [1.165, 1.54) is 92.9 Å². The number of hydrogen-bond donors (Lipinski definition) is 0. The molecule has 0 saturated carbocycles. The van der Waals surface area contributed by atoms with Crippen LogP contribution < -0.4 is 17.0 Å². The first-order chi connectivity index (χ1) is 14.3. The maximum Gasteiger partial charge on any atom is 0.105 e. The highest BCUT2D eigenvalue weighted by Gasteiger charge is 2.27. The van der Waals surface area contributed by atoms with Crippen molar-refractivity contribution in [3.8, 4) is 0 Å². The van der Waals surface area contributed by atoms with Crippen LogP contribution in [-0.4, -0.2) is 17.6 Å². The molecule has 0 aromatic heterocycles. The van der Waals surface area contributed by atoms with Gasteiger partial charge in [0.2, 0.25) is 0 Å². The molecule has 0 bridgehead atoms. The predicted molar refractivity (Wildman–Crippen MR) is 128 cm³/mol. The summed E-state index contributed by atoms with van der Waals surface area (Å²) in [5, 5.41) is 0. The zero-order valence-corrected chi connectivity index (χ0v) is 21.1. The summed E-state index contributed by atoms with van der Waals surface area (Å²) in [5.41, 5.74) is 2.98. The molecule has 30 heavy (non-hydrogen) atoms. The third kappa shape index (κ3) is 10.8. The molecule has 0 aliphatic rings. The van der Waals surface area contributed by atoms with Gasteiger partial charge in [-0.3, -0.25) is 0 Å². The molecule has 1 nitrogen and oxygen atoms in total. The van der Waals surface area contributed by atoms with Gasteiger partial charge in [-0.05, 0) is 25.7 Å². The van der Waals surface area contributed by atoms with Crippen LogP contribution in [0.15, 0.2) is 60.7 Å². The van der Waals surface area contributed by atoms with Crippen LogP contribution in [0, 0.1) is 0 Å². The van der Waals surface area contributed by atoms with Gasteiger partial charge in [0, 0.05) is 11.1 Å². The van der Waals surface area contributed by atoms with Crippen molar-refractivity contribution < 1.29 is 21.5 Å². The van der Waals surface area contributed by atoms with Crippen molar-refractivity contribution in [1.29, 1.82) is 0 Å². The summed E-state index contributed by atoms with van der Waals surface area (Å²) >= 11 is 0. The van der Waals surface area contributed by atoms with E-state index in [0.29, 0.717) is 0 Å². The van der Waals surface area contributed by atoms with Crippen LogP contribution in [0.25, 0.3) is 0 Å². The molecule has 0 saturated heterocycles. The Labute approximate surface area is 197 Å². The molecule has 0 aliphatic carbocycles. The van der Waals surface area contributed by atoms with Gasteiger partial charge >= 0.3 is 0 Å². The third-order valence-electron chi connectivity index (χ3n) is 6.19. The second kappa shape index (κ2) is 16.6. The molecule has 0 fully saturated rings. The molecule has 0 heterocycles. The van der Waals surface area contributed by atoms with E-state index in [0.717, 1.165) is 13.1 Å². The second-order valence-electron chi connectivity index (χ2n) is 8.90. The van der Waals surface area contributed by atoms with Gasteiger partial charge in [0.25, 0.3) is 0 Å². The summed E-state index contributed by atoms with van der Waals surface area (Å²) in [6.45, 7) is 9.56. The van der Waals surface area contributed by atoms with Gasteiger partial charge in [-0.1, -0.05) is 113 Å². The summed E-state index contributed by atoms with van der Waals surface area (Å²) in [6, 6.07) is 22.4. The van der Waals surface area contributed by atoms with Gasteiger partial charge in [-0.2, -0.15) is 0 Å². The highest BCUT2D eigenvalue weighted by molar-refractivity contribution is 5.15. The number of quaternary nitrogens is 1. The molecule has 0 aliphatic heterocycles. The average molecular weight is 475 g/mol. The van der Waals surface area contributed by atoms with Crippen molar-refractivity contribution in [3.63, 3.8) is 0 Å². The summed E-state index contributed by atoms with van der Waals surface area (Å²) in [5.74, 6) is 0. The Morgan fingerprint density at radius 1 is 0.500 bits per heavy atom. The fourth-order valence-electron chi connectivity index (χ4n) is 4.53. The Balaban J connectivity index is 0.00000450. The maximum absolute atomic E-state index is 2.33. The Morgan fingerprint density at radius 3 is 1.23 bits per heavy atom. The molecule has 0 unspecified atom stereocenters. The normalized spacial score (nSPS) is 11.3. The lowest BCUT2D eigenvalue weighted by Crippen LogP contribution is -3.00. The molecule has 0 amide bonds. The molecule has 2 rings (SSSR count). The van der Waals surface area contributed by atoms with Crippen LogP contribution >= 0.6 is 0 Å². The zero-order valence-electron chi connectivity index (χ0n) is 19.5. The second-order valence-corrected chi connectivity index (χ2v) is 8.90. The number of hydrogen-bond acceptors (Lipinski definition) is 0. The Hall–Kier alpha value is -1.12. The minimum absolute atomic E-state index is 0. The number of unbranched alkanes of at least 4 members (excludes halogenated alkanes) is 8. The summed E-state index contributed by atoms with van der Waals surface area (Å²) < 4.78 is 1.21. The van der Waals surface area contributed by atoms with E-state index in [2.05, 4.69) is 74.5 Å². The van der Waals surface area contributed by atoms with Gasteiger partial charge in [0.15, 0.2) is 0 Å². The summed E-state index contributed by atoms with van der Waals surface area (Å²) in [4.78, 5) is 0. The molecule has 2 aromatic rings. The fraction of sp³-hybridized carbons (Fsp3) is 0.571. The van der Waals surface area contributed by atoms with Crippen molar-refractivity contribution in [2.75, 3.05) is 13.1 Å². The molecule has 2 heteroatoms. The lowest BCUT2D eigenvalue weighted by molar-refractivity contribution is -0.954. The number of nitrogens with zero attached hydrogens (tertiary/aromatic N) is 1. The van der Waals surface area contributed by atoms with Crippen LogP contribution in [0.5, 0.6) is 0 Å². The number of benzene rings is 2. The Morgan fingerprint density at radius 2 is 0.867 bits per heavy atom. The van der Waals surface area contributed by atoms with Crippen molar-refractivity contribution in [2.45, 2.75) is 91.1 Å². The average Bonchev–Trinajstić information content (AvgIpc) is 2.75. The van der Waals surface area contributed by atoms with Crippen molar-refractivity contribution in [3.05, 3.63) is 71.8 Å². The van der Waals surface area contributed by atoms with E-state index in [4.69, 9.17) is 0 Å². The minimum Gasteiger partial charge on any atom is -1.00 e. The van der Waals surface area contributed by atoms with Crippen LogP contribution in [0.2, 0.25) is 0 Å². The van der Waals surface area contributed by atoms with E-state index in [9.17, 15) is 0 Å². The monoisotopic (exact) mass is 473 g/mol. The number of rotatable bonds is 16. The first kappa shape index (κ1) is 26.9.